The van der Waals surface area contributed by atoms with Crippen LogP contribution in [0.3, 0.4) is 0 Å². The Hall–Kier alpha value is -2.88. The first-order valence-electron chi connectivity index (χ1n) is 10.1. The van der Waals surface area contributed by atoms with E-state index < -0.39 is 0 Å². The lowest BCUT2D eigenvalue weighted by Crippen LogP contribution is -2.40. The lowest BCUT2D eigenvalue weighted by atomic mass is 10.1. The molecule has 0 atom stereocenters. The molecule has 29 heavy (non-hydrogen) atoms. The summed E-state index contributed by atoms with van der Waals surface area (Å²) < 4.78 is 5.60. The van der Waals surface area contributed by atoms with E-state index in [0.29, 0.717) is 25.3 Å². The molecule has 2 aromatic carbocycles. The number of amides is 1. The molecule has 1 aliphatic heterocycles. The van der Waals surface area contributed by atoms with Crippen LogP contribution in [0.4, 0.5) is 0 Å². The number of carbonyl (C=O) groups excluding carboxylic acids is 1. The maximum absolute atomic E-state index is 12.2. The van der Waals surface area contributed by atoms with Crippen LogP contribution in [-0.4, -0.2) is 61.6 Å². The molecule has 6 heteroatoms. The molecule has 0 unspecified atom stereocenters. The van der Waals surface area contributed by atoms with Crippen LogP contribution in [0.5, 0.6) is 5.75 Å². The maximum atomic E-state index is 12.2. The fourth-order valence-corrected chi connectivity index (χ4v) is 3.42. The van der Waals surface area contributed by atoms with E-state index in [4.69, 9.17) is 10.00 Å². The van der Waals surface area contributed by atoms with Crippen LogP contribution in [-0.2, 0) is 11.3 Å². The highest BCUT2D eigenvalue weighted by Gasteiger charge is 2.17. The summed E-state index contributed by atoms with van der Waals surface area (Å²) in [6, 6.07) is 19.5. The molecule has 0 aromatic heterocycles. The van der Waals surface area contributed by atoms with Gasteiger partial charge >= 0.3 is 0 Å². The normalized spacial score (nSPS) is 15.3. The zero-order chi connectivity index (χ0) is 20.3. The van der Waals surface area contributed by atoms with Crippen molar-refractivity contribution in [2.75, 3.05) is 45.9 Å². The highest BCUT2D eigenvalue weighted by atomic mass is 16.5. The van der Waals surface area contributed by atoms with E-state index in [0.717, 1.165) is 44.9 Å². The minimum absolute atomic E-state index is 0.0437. The second-order valence-corrected chi connectivity index (χ2v) is 7.23. The highest BCUT2D eigenvalue weighted by molar-refractivity contribution is 5.78. The molecule has 0 radical (unpaired) electrons. The number of carbonyl (C=O) groups is 1. The van der Waals surface area contributed by atoms with Gasteiger partial charge in [0.2, 0.25) is 5.91 Å². The van der Waals surface area contributed by atoms with Crippen molar-refractivity contribution in [3.63, 3.8) is 0 Å². The summed E-state index contributed by atoms with van der Waals surface area (Å²) in [4.78, 5) is 16.8. The van der Waals surface area contributed by atoms with Crippen LogP contribution in [0.25, 0.3) is 0 Å². The lowest BCUT2D eigenvalue weighted by molar-refractivity contribution is -0.122. The second-order valence-electron chi connectivity index (χ2n) is 7.23. The van der Waals surface area contributed by atoms with E-state index in [-0.39, 0.29) is 5.91 Å². The molecular formula is C23H28N4O2. The van der Waals surface area contributed by atoms with Crippen LogP contribution in [0.15, 0.2) is 54.6 Å². The van der Waals surface area contributed by atoms with Gasteiger partial charge in [-0.1, -0.05) is 30.3 Å². The van der Waals surface area contributed by atoms with Gasteiger partial charge in [-0.05, 0) is 49.3 Å². The molecule has 1 saturated heterocycles. The van der Waals surface area contributed by atoms with Gasteiger partial charge in [-0.15, -0.1) is 0 Å². The molecule has 1 N–H and O–H groups in total. The summed E-state index contributed by atoms with van der Waals surface area (Å²) >= 11 is 0. The lowest BCUT2D eigenvalue weighted by Gasteiger charge is -2.21. The molecule has 1 aliphatic rings. The quantitative estimate of drug-likeness (QED) is 0.698. The Morgan fingerprint density at radius 2 is 1.72 bits per heavy atom. The zero-order valence-electron chi connectivity index (χ0n) is 16.7. The van der Waals surface area contributed by atoms with Crippen LogP contribution in [0.2, 0.25) is 0 Å². The molecule has 152 valence electrons. The third-order valence-corrected chi connectivity index (χ3v) is 4.97. The highest BCUT2D eigenvalue weighted by Crippen LogP contribution is 2.10. The number of nitrogens with zero attached hydrogens (tertiary/aromatic N) is 3. The van der Waals surface area contributed by atoms with Crippen molar-refractivity contribution >= 4 is 5.91 Å². The van der Waals surface area contributed by atoms with Crippen molar-refractivity contribution in [1.82, 2.24) is 15.1 Å². The minimum Gasteiger partial charge on any atom is -0.492 e. The number of hydrogen-bond donors (Lipinski definition) is 1. The number of ether oxygens (including phenoxy) is 1. The van der Waals surface area contributed by atoms with Crippen molar-refractivity contribution in [1.29, 1.82) is 5.26 Å². The van der Waals surface area contributed by atoms with Crippen LogP contribution >= 0.6 is 0 Å². The number of rotatable bonds is 8. The molecule has 1 heterocycles. The van der Waals surface area contributed by atoms with E-state index in [2.05, 4.69) is 21.2 Å². The average Bonchev–Trinajstić information content (AvgIpc) is 2.97. The molecule has 3 rings (SSSR count). The summed E-state index contributed by atoms with van der Waals surface area (Å²) in [5.74, 6) is 0.860. The Bertz CT molecular complexity index is 802. The van der Waals surface area contributed by atoms with E-state index in [1.807, 2.05) is 54.6 Å². The molecule has 0 spiro atoms. The predicted molar refractivity (Wildman–Crippen MR) is 112 cm³/mol. The van der Waals surface area contributed by atoms with Gasteiger partial charge in [0.05, 0.1) is 24.7 Å². The molecule has 0 aliphatic carbocycles. The SMILES string of the molecule is N#Cc1ccc(CN2CCCN(CC(=O)NCCOc3ccccc3)CC2)cc1. The van der Waals surface area contributed by atoms with Gasteiger partial charge in [0, 0.05) is 19.6 Å². The zero-order valence-corrected chi connectivity index (χ0v) is 16.7. The standard InChI is InChI=1S/C23H28N4O2/c24-17-20-7-9-21(10-8-20)18-26-12-4-13-27(15-14-26)19-23(28)25-11-16-29-22-5-2-1-3-6-22/h1-3,5-10H,4,11-16,18-19H2,(H,25,28). The second kappa shape index (κ2) is 11.2. The van der Waals surface area contributed by atoms with Crippen molar-refractivity contribution in [3.8, 4) is 11.8 Å². The van der Waals surface area contributed by atoms with Crippen molar-refractivity contribution < 1.29 is 9.53 Å². The molecule has 0 saturated carbocycles. The topological polar surface area (TPSA) is 68.6 Å². The Labute approximate surface area is 172 Å². The fourth-order valence-electron chi connectivity index (χ4n) is 3.42. The van der Waals surface area contributed by atoms with E-state index in [1.165, 1.54) is 5.56 Å². The molecule has 6 nitrogen and oxygen atoms in total. The Morgan fingerprint density at radius 1 is 1.00 bits per heavy atom. The number of para-hydroxylation sites is 1. The number of benzene rings is 2. The van der Waals surface area contributed by atoms with Gasteiger partial charge in [0.1, 0.15) is 12.4 Å². The van der Waals surface area contributed by atoms with Crippen LogP contribution in [0.1, 0.15) is 17.5 Å². The van der Waals surface area contributed by atoms with Gasteiger partial charge < -0.3 is 10.1 Å². The summed E-state index contributed by atoms with van der Waals surface area (Å²) in [5.41, 5.74) is 1.91. The van der Waals surface area contributed by atoms with Crippen molar-refractivity contribution in [3.05, 3.63) is 65.7 Å². The van der Waals surface area contributed by atoms with E-state index >= 15 is 0 Å². The largest absolute Gasteiger partial charge is 0.492 e. The first kappa shape index (κ1) is 20.8. The predicted octanol–water partition coefficient (Wildman–Crippen LogP) is 2.26. The first-order chi connectivity index (χ1) is 14.2. The monoisotopic (exact) mass is 392 g/mol. The Morgan fingerprint density at radius 3 is 2.48 bits per heavy atom. The fraction of sp³-hybridized carbons (Fsp3) is 0.391. The Balaban J connectivity index is 1.34. The average molecular weight is 393 g/mol. The molecule has 1 fully saturated rings. The van der Waals surface area contributed by atoms with Gasteiger partial charge in [-0.25, -0.2) is 0 Å². The maximum Gasteiger partial charge on any atom is 0.234 e. The summed E-state index contributed by atoms with van der Waals surface area (Å²) in [6.45, 7) is 6.04. The van der Waals surface area contributed by atoms with Gasteiger partial charge in [0.15, 0.2) is 0 Å². The summed E-state index contributed by atoms with van der Waals surface area (Å²) in [5, 5.41) is 11.8. The summed E-state index contributed by atoms with van der Waals surface area (Å²) in [6.07, 6.45) is 1.04. The van der Waals surface area contributed by atoms with E-state index in [9.17, 15) is 4.79 Å². The molecule has 0 bridgehead atoms. The van der Waals surface area contributed by atoms with Crippen LogP contribution < -0.4 is 10.1 Å². The number of hydrogen-bond acceptors (Lipinski definition) is 5. The Kier molecular flexibility index (Phi) is 8.05. The smallest absolute Gasteiger partial charge is 0.234 e. The first-order valence-corrected chi connectivity index (χ1v) is 10.1. The molecular weight excluding hydrogens is 364 g/mol. The van der Waals surface area contributed by atoms with Gasteiger partial charge in [-0.3, -0.25) is 14.6 Å². The molecule has 2 aromatic rings. The molecule has 1 amide bonds. The third-order valence-electron chi connectivity index (χ3n) is 4.97. The van der Waals surface area contributed by atoms with E-state index in [1.54, 1.807) is 0 Å². The van der Waals surface area contributed by atoms with Gasteiger partial charge in [0.25, 0.3) is 0 Å². The third kappa shape index (κ3) is 7.22. The van der Waals surface area contributed by atoms with Crippen molar-refractivity contribution in [2.24, 2.45) is 0 Å². The van der Waals surface area contributed by atoms with Gasteiger partial charge in [-0.2, -0.15) is 5.26 Å². The number of nitrogens with one attached hydrogen (secondary N) is 1. The van der Waals surface area contributed by atoms with Crippen molar-refractivity contribution in [2.45, 2.75) is 13.0 Å². The van der Waals surface area contributed by atoms with Crippen LogP contribution in [0, 0.1) is 11.3 Å². The number of nitriles is 1. The minimum atomic E-state index is 0.0437. The summed E-state index contributed by atoms with van der Waals surface area (Å²) in [7, 11) is 0.